The number of ether oxygens (including phenoxy) is 1. The highest BCUT2D eigenvalue weighted by molar-refractivity contribution is 7.90. The second-order valence-corrected chi connectivity index (χ2v) is 27.7. The first-order valence-electron chi connectivity index (χ1n) is 31.2. The van der Waals surface area contributed by atoms with Crippen LogP contribution in [0.2, 0.25) is 0 Å². The lowest BCUT2D eigenvalue weighted by Gasteiger charge is -2.41. The molecule has 3 aromatic heterocycles. The van der Waals surface area contributed by atoms with Gasteiger partial charge in [0.15, 0.2) is 0 Å². The summed E-state index contributed by atoms with van der Waals surface area (Å²) in [5.41, 5.74) is 9.99. The average Bonchev–Trinajstić information content (AvgIpc) is 2.17. The molecule has 3 aliphatic heterocycles. The number of amides is 1. The number of esters is 1. The molecule has 6 aliphatic rings. The number of sulfonamides is 1. The molecule has 3 saturated carbocycles. The molecule has 3 aromatic carbocycles. The average molecular weight is 1190 g/mol. The van der Waals surface area contributed by atoms with E-state index in [1.807, 2.05) is 135 Å². The van der Waals surface area contributed by atoms with Crippen LogP contribution in [0.15, 0.2) is 146 Å². The summed E-state index contributed by atoms with van der Waals surface area (Å²) < 4.78 is 33.6. The molecule has 452 valence electrons. The third-order valence-electron chi connectivity index (χ3n) is 20.7. The van der Waals surface area contributed by atoms with Gasteiger partial charge < -0.3 is 10.1 Å². The van der Waals surface area contributed by atoms with E-state index >= 15 is 0 Å². The van der Waals surface area contributed by atoms with Crippen LogP contribution in [0.5, 0.6) is 0 Å². The number of hydrogen-bond acceptors (Lipinski definition) is 11. The minimum atomic E-state index is -3.24. The highest BCUT2D eigenvalue weighted by atomic mass is 32.2. The molecular formula is C74H80N8O5S. The molecule has 6 aromatic rings. The minimum absolute atomic E-state index is 0.0381. The number of fused-ring (bicyclic) bond motifs is 3. The Morgan fingerprint density at radius 3 is 1.32 bits per heavy atom. The molecule has 14 heteroatoms. The quantitative estimate of drug-likeness (QED) is 0.130. The summed E-state index contributed by atoms with van der Waals surface area (Å²) in [7, 11) is -3.24. The van der Waals surface area contributed by atoms with Crippen molar-refractivity contribution < 1.29 is 22.7 Å². The fourth-order valence-corrected chi connectivity index (χ4v) is 17.5. The minimum Gasteiger partial charge on any atom is -0.462 e. The number of carbonyl (C=O) groups is 2. The van der Waals surface area contributed by atoms with Crippen LogP contribution in [0, 0.1) is 117 Å². The van der Waals surface area contributed by atoms with Gasteiger partial charge in [-0.1, -0.05) is 139 Å². The Morgan fingerprint density at radius 2 is 0.898 bits per heavy atom. The molecule has 3 aliphatic carbocycles. The second-order valence-electron chi connectivity index (χ2n) is 25.8. The third kappa shape index (κ3) is 13.1. The molecule has 0 spiro atoms. The maximum absolute atomic E-state index is 12.5. The molecule has 12 rings (SSSR count). The summed E-state index contributed by atoms with van der Waals surface area (Å²) in [5, 5.41) is 30.8. The van der Waals surface area contributed by atoms with Crippen LogP contribution in [-0.4, -0.2) is 58.7 Å². The molecule has 88 heavy (non-hydrogen) atoms. The Kier molecular flexibility index (Phi) is 19.2. The number of benzene rings is 3. The number of aromatic nitrogens is 3. The van der Waals surface area contributed by atoms with E-state index in [2.05, 4.69) is 122 Å². The summed E-state index contributed by atoms with van der Waals surface area (Å²) in [6.45, 7) is 19.6. The molecule has 6 heterocycles. The van der Waals surface area contributed by atoms with Crippen LogP contribution >= 0.6 is 0 Å². The van der Waals surface area contributed by atoms with Crippen molar-refractivity contribution in [2.75, 3.05) is 0 Å². The lowest BCUT2D eigenvalue weighted by molar-refractivity contribution is -0.144. The normalized spacial score (nSPS) is 31.8. The maximum atomic E-state index is 12.5. The van der Waals surface area contributed by atoms with Crippen molar-refractivity contribution in [1.29, 1.82) is 15.8 Å². The van der Waals surface area contributed by atoms with Gasteiger partial charge in [0.2, 0.25) is 15.9 Å². The topological polar surface area (TPSA) is 212 Å². The van der Waals surface area contributed by atoms with E-state index in [-0.39, 0.29) is 64.9 Å². The van der Waals surface area contributed by atoms with Gasteiger partial charge in [-0.3, -0.25) is 24.5 Å². The van der Waals surface area contributed by atoms with E-state index < -0.39 is 10.0 Å². The zero-order chi connectivity index (χ0) is 62.6. The largest absolute Gasteiger partial charge is 0.462 e. The molecule has 3 saturated heterocycles. The smallest absolute Gasteiger partial charge is 0.309 e. The maximum Gasteiger partial charge on any atom is 0.309 e. The first-order chi connectivity index (χ1) is 42.3. The number of allylic oxidation sites excluding steroid dienone is 3. The zero-order valence-corrected chi connectivity index (χ0v) is 52.6. The first kappa shape index (κ1) is 62.7. The number of carbonyl (C=O) groups excluding carboxylic acids is 2. The predicted octanol–water partition coefficient (Wildman–Crippen LogP) is 14.0. The lowest BCUT2D eigenvalue weighted by Crippen LogP contribution is -2.42. The highest BCUT2D eigenvalue weighted by Gasteiger charge is 2.54. The number of nitriles is 3. The lowest BCUT2D eigenvalue weighted by atomic mass is 9.62. The zero-order valence-electron chi connectivity index (χ0n) is 51.7. The number of pyridine rings is 3. The highest BCUT2D eigenvalue weighted by Crippen LogP contribution is 2.50. The summed E-state index contributed by atoms with van der Waals surface area (Å²) >= 11 is 0. The van der Waals surface area contributed by atoms with Gasteiger partial charge in [0.05, 0.1) is 63.1 Å². The van der Waals surface area contributed by atoms with Crippen LogP contribution in [0.3, 0.4) is 0 Å². The van der Waals surface area contributed by atoms with Gasteiger partial charge in [0, 0.05) is 75.9 Å². The van der Waals surface area contributed by atoms with E-state index in [4.69, 9.17) is 4.74 Å². The van der Waals surface area contributed by atoms with Crippen LogP contribution < -0.4 is 10.0 Å². The summed E-state index contributed by atoms with van der Waals surface area (Å²) in [6, 6.07) is 41.4. The number of nitrogens with zero attached hydrogens (tertiary/aromatic N) is 6. The Hall–Kier alpha value is -8.35. The summed E-state index contributed by atoms with van der Waals surface area (Å²) in [6.07, 6.45) is 20.9. The third-order valence-corrected chi connectivity index (χ3v) is 22.7. The fourth-order valence-electron chi connectivity index (χ4n) is 15.2. The van der Waals surface area contributed by atoms with E-state index in [0.717, 1.165) is 69.7 Å². The van der Waals surface area contributed by atoms with E-state index in [1.165, 1.54) is 0 Å². The SMILES string of the molecule is C[C@H]1[C@H](/C=C/c2ccc(-c3ccccc3C#N)cn2)[C@@H]2[C@@H](C)NC(=O)[C@@H]2C[C@@H]1C.C[C@H]1[C@H](/C=C/c2ccc(-c3ccccc3C#N)cn2)[C@H]2[C@@H](C[C@@H]1C)OC(=O)[C@@H]2C.C[C@H]1[C@H](/C=C/c2ccc(-c3ccccc3C#N)cn2)[C@H]2[C@@H](C[C@@H]1C)S(=O)(=O)N[C@@H]2C. The van der Waals surface area contributed by atoms with Crippen LogP contribution in [0.1, 0.15) is 115 Å². The number of rotatable bonds is 9. The molecule has 2 N–H and O–H groups in total. The molecular weight excluding hydrogens is 1110 g/mol. The number of nitrogens with one attached hydrogen (secondary N) is 2. The number of hydrogen-bond donors (Lipinski definition) is 2. The van der Waals surface area contributed by atoms with Gasteiger partial charge in [-0.2, -0.15) is 15.8 Å². The first-order valence-corrected chi connectivity index (χ1v) is 32.8. The Labute approximate surface area is 520 Å². The van der Waals surface area contributed by atoms with Crippen molar-refractivity contribution in [1.82, 2.24) is 25.0 Å². The standard InChI is InChI=1S/C25H27N3O.C25H26N2O2.C24H27N3O2S/c1-15-12-23-24(17(3)28-25(23)29)21(16(15)2)11-10-20-9-8-19(14-27-20)22-7-5-4-6-18(22)13-26;1-15-12-23-24(17(3)25(28)29-23)21(16(15)2)11-10-20-9-8-19(14-27-20)22-7-5-4-6-18(22)13-26;1-15-12-23-24(17(3)27-30(23,28)29)21(16(15)2)11-10-20-9-8-19(14-26-20)22-7-5-4-6-18(22)13-25/h4-11,14-17,21,23-24H,12H2,1-3H3,(H,28,29);4-11,14-17,21,23-24H,12H2,1-3H3;4-11,14-17,21,23-24,27H,12H2,1-3H3/b3*11-10+/t3*15-,16+,17+,21-,23+,24-/m000/s1. The molecule has 13 nitrogen and oxygen atoms in total. The van der Waals surface area contributed by atoms with Gasteiger partial charge >= 0.3 is 5.97 Å². The molecule has 1 amide bonds. The van der Waals surface area contributed by atoms with Crippen molar-refractivity contribution in [2.24, 2.45) is 82.9 Å². The van der Waals surface area contributed by atoms with Crippen molar-refractivity contribution in [2.45, 2.75) is 105 Å². The van der Waals surface area contributed by atoms with E-state index in [1.54, 1.807) is 12.3 Å². The molecule has 6 fully saturated rings. The van der Waals surface area contributed by atoms with Crippen molar-refractivity contribution >= 4 is 40.1 Å². The van der Waals surface area contributed by atoms with Gasteiger partial charge in [-0.05, 0) is 153 Å². The van der Waals surface area contributed by atoms with Gasteiger partial charge in [0.1, 0.15) is 6.10 Å². The molecule has 0 radical (unpaired) electrons. The molecule has 0 unspecified atom stereocenters. The van der Waals surface area contributed by atoms with Crippen LogP contribution in [-0.2, 0) is 24.3 Å². The van der Waals surface area contributed by atoms with E-state index in [0.29, 0.717) is 70.0 Å². The molecule has 18 atom stereocenters. The predicted molar refractivity (Wildman–Crippen MR) is 345 cm³/mol. The Bertz CT molecular complexity index is 3730. The monoisotopic (exact) mass is 1190 g/mol. The Balaban J connectivity index is 0.000000146. The van der Waals surface area contributed by atoms with E-state index in [9.17, 15) is 33.8 Å². The van der Waals surface area contributed by atoms with Crippen molar-refractivity contribution in [3.8, 4) is 51.6 Å². The second kappa shape index (κ2) is 27.0. The Morgan fingerprint density at radius 1 is 0.500 bits per heavy atom. The van der Waals surface area contributed by atoms with Crippen LogP contribution in [0.4, 0.5) is 0 Å². The summed E-state index contributed by atoms with van der Waals surface area (Å²) in [4.78, 5) is 38.2. The van der Waals surface area contributed by atoms with Crippen molar-refractivity contribution in [3.05, 3.63) is 180 Å². The fraction of sp³-hybridized carbons (Fsp3) is 0.405. The van der Waals surface area contributed by atoms with Gasteiger partial charge in [-0.15, -0.1) is 0 Å². The van der Waals surface area contributed by atoms with Gasteiger partial charge in [-0.25, -0.2) is 13.1 Å². The van der Waals surface area contributed by atoms with Crippen molar-refractivity contribution in [3.63, 3.8) is 0 Å². The molecule has 0 bridgehead atoms. The van der Waals surface area contributed by atoms with Gasteiger partial charge in [0.25, 0.3) is 0 Å². The summed E-state index contributed by atoms with van der Waals surface area (Å²) in [5.74, 6) is 4.57. The van der Waals surface area contributed by atoms with Crippen LogP contribution in [0.25, 0.3) is 51.6 Å².